The van der Waals surface area contributed by atoms with Crippen molar-refractivity contribution in [3.05, 3.63) is 47.0 Å². The molecule has 4 nitrogen and oxygen atoms in total. The Morgan fingerprint density at radius 1 is 1.35 bits per heavy atom. The summed E-state index contributed by atoms with van der Waals surface area (Å²) < 4.78 is 5.90. The summed E-state index contributed by atoms with van der Waals surface area (Å²) in [6.07, 6.45) is 4.01. The third kappa shape index (κ3) is 3.70. The van der Waals surface area contributed by atoms with E-state index in [2.05, 4.69) is 29.4 Å². The fourth-order valence-electron chi connectivity index (χ4n) is 2.74. The largest absolute Gasteiger partial charge is 0.441 e. The van der Waals surface area contributed by atoms with E-state index in [4.69, 9.17) is 4.42 Å². The zero-order valence-electron chi connectivity index (χ0n) is 13.8. The van der Waals surface area contributed by atoms with Gasteiger partial charge in [-0.3, -0.25) is 4.79 Å². The quantitative estimate of drug-likeness (QED) is 0.925. The number of carbonyl (C=O) groups excluding carboxylic acids is 1. The lowest BCUT2D eigenvalue weighted by Crippen LogP contribution is -2.25. The summed E-state index contributed by atoms with van der Waals surface area (Å²) in [5, 5.41) is 2.99. The molecule has 0 saturated carbocycles. The lowest BCUT2D eigenvalue weighted by Gasteiger charge is -2.13. The predicted molar refractivity (Wildman–Crippen MR) is 90.6 cm³/mol. The molecule has 1 aromatic carbocycles. The standard InChI is InChI=1S/C19H22N2O2/c1-12(2)9-18(22)20-15-7-8-17-16(11-15)21-19(23-17)14-6-4-5-13(3)10-14/h4-6,10-12H,7-9H2,1-3H3,(H,20,22). The van der Waals surface area contributed by atoms with Gasteiger partial charge in [-0.05, 0) is 37.5 Å². The molecule has 1 aromatic heterocycles. The second-order valence-electron chi connectivity index (χ2n) is 6.51. The maximum atomic E-state index is 11.9. The molecular weight excluding hydrogens is 288 g/mol. The highest BCUT2D eigenvalue weighted by molar-refractivity contribution is 5.79. The Bertz CT molecular complexity index is 756. The number of fused-ring (bicyclic) bond motifs is 1. The van der Waals surface area contributed by atoms with E-state index < -0.39 is 0 Å². The van der Waals surface area contributed by atoms with Crippen LogP contribution in [0.4, 0.5) is 0 Å². The molecule has 0 atom stereocenters. The maximum absolute atomic E-state index is 11.9. The monoisotopic (exact) mass is 310 g/mol. The van der Waals surface area contributed by atoms with E-state index in [0.29, 0.717) is 18.2 Å². The third-order valence-electron chi connectivity index (χ3n) is 3.82. The summed E-state index contributed by atoms with van der Waals surface area (Å²) in [5.74, 6) is 1.96. The van der Waals surface area contributed by atoms with E-state index >= 15 is 0 Å². The highest BCUT2D eigenvalue weighted by Crippen LogP contribution is 2.28. The predicted octanol–water partition coefficient (Wildman–Crippen LogP) is 4.10. The second kappa shape index (κ2) is 6.41. The summed E-state index contributed by atoms with van der Waals surface area (Å²) in [5.41, 5.74) is 3.91. The van der Waals surface area contributed by atoms with Gasteiger partial charge in [0.1, 0.15) is 11.5 Å². The first-order chi connectivity index (χ1) is 11.0. The molecule has 1 aliphatic rings. The van der Waals surface area contributed by atoms with E-state index in [0.717, 1.165) is 35.6 Å². The van der Waals surface area contributed by atoms with Gasteiger partial charge in [0.15, 0.2) is 0 Å². The minimum Gasteiger partial charge on any atom is -0.441 e. The lowest BCUT2D eigenvalue weighted by molar-refractivity contribution is -0.121. The Kier molecular flexibility index (Phi) is 4.33. The number of nitrogens with zero attached hydrogens (tertiary/aromatic N) is 1. The molecule has 1 aliphatic carbocycles. The van der Waals surface area contributed by atoms with Crippen LogP contribution in [0.15, 0.2) is 34.4 Å². The molecule has 0 aliphatic heterocycles. The van der Waals surface area contributed by atoms with Gasteiger partial charge in [0, 0.05) is 24.1 Å². The van der Waals surface area contributed by atoms with Crippen molar-refractivity contribution in [3.8, 4) is 11.5 Å². The first-order valence-electron chi connectivity index (χ1n) is 8.08. The fraction of sp³-hybridized carbons (Fsp3) is 0.368. The van der Waals surface area contributed by atoms with Crippen LogP contribution in [0.1, 0.15) is 43.7 Å². The Hall–Kier alpha value is -2.36. The lowest BCUT2D eigenvalue weighted by atomic mass is 10.1. The molecule has 1 N–H and O–H groups in total. The minimum absolute atomic E-state index is 0.0668. The zero-order valence-corrected chi connectivity index (χ0v) is 13.8. The van der Waals surface area contributed by atoms with Crippen molar-refractivity contribution in [2.24, 2.45) is 5.92 Å². The normalized spacial score (nSPS) is 13.7. The Labute approximate surface area is 136 Å². The van der Waals surface area contributed by atoms with Gasteiger partial charge in [0.2, 0.25) is 11.8 Å². The summed E-state index contributed by atoms with van der Waals surface area (Å²) in [4.78, 5) is 16.5. The number of aromatic nitrogens is 1. The SMILES string of the molecule is Cc1cccc(-c2nc3c(o2)CCC(NC(=O)CC(C)C)=C3)c1. The van der Waals surface area contributed by atoms with Crippen LogP contribution >= 0.6 is 0 Å². The van der Waals surface area contributed by atoms with Crippen LogP contribution in [0.2, 0.25) is 0 Å². The molecule has 0 fully saturated rings. The molecule has 23 heavy (non-hydrogen) atoms. The molecule has 120 valence electrons. The molecule has 4 heteroatoms. The molecular formula is C19H22N2O2. The van der Waals surface area contributed by atoms with E-state index in [-0.39, 0.29) is 5.91 Å². The number of oxazole rings is 1. The first kappa shape index (κ1) is 15.5. The number of rotatable bonds is 4. The average Bonchev–Trinajstić information content (AvgIpc) is 2.89. The molecule has 0 bridgehead atoms. The van der Waals surface area contributed by atoms with Crippen LogP contribution in [0.25, 0.3) is 17.5 Å². The van der Waals surface area contributed by atoms with Crippen molar-refractivity contribution in [1.82, 2.24) is 10.3 Å². The van der Waals surface area contributed by atoms with Crippen LogP contribution in [-0.4, -0.2) is 10.9 Å². The van der Waals surface area contributed by atoms with Gasteiger partial charge in [-0.15, -0.1) is 0 Å². The van der Waals surface area contributed by atoms with Crippen molar-refractivity contribution in [3.63, 3.8) is 0 Å². The van der Waals surface area contributed by atoms with Gasteiger partial charge in [0.25, 0.3) is 0 Å². The smallest absolute Gasteiger partial charge is 0.226 e. The first-order valence-corrected chi connectivity index (χ1v) is 8.08. The third-order valence-corrected chi connectivity index (χ3v) is 3.82. The number of aryl methyl sites for hydroxylation is 2. The second-order valence-corrected chi connectivity index (χ2v) is 6.51. The van der Waals surface area contributed by atoms with Crippen LogP contribution in [-0.2, 0) is 11.2 Å². The van der Waals surface area contributed by atoms with Gasteiger partial charge in [-0.2, -0.15) is 0 Å². The molecule has 3 rings (SSSR count). The Morgan fingerprint density at radius 2 is 2.17 bits per heavy atom. The minimum atomic E-state index is 0.0668. The van der Waals surface area contributed by atoms with Crippen molar-refractivity contribution in [2.75, 3.05) is 0 Å². The average molecular weight is 310 g/mol. The van der Waals surface area contributed by atoms with Crippen molar-refractivity contribution in [1.29, 1.82) is 0 Å². The number of carbonyl (C=O) groups is 1. The Balaban J connectivity index is 1.80. The summed E-state index contributed by atoms with van der Waals surface area (Å²) in [6.45, 7) is 6.13. The number of nitrogens with one attached hydrogen (secondary N) is 1. The van der Waals surface area contributed by atoms with E-state index in [9.17, 15) is 4.79 Å². The van der Waals surface area contributed by atoms with Gasteiger partial charge in [0.05, 0.1) is 0 Å². The zero-order chi connectivity index (χ0) is 16.4. The molecule has 0 radical (unpaired) electrons. The van der Waals surface area contributed by atoms with Crippen molar-refractivity contribution < 1.29 is 9.21 Å². The number of hydrogen-bond donors (Lipinski definition) is 1. The van der Waals surface area contributed by atoms with E-state index in [1.165, 1.54) is 5.56 Å². The number of benzene rings is 1. The van der Waals surface area contributed by atoms with Crippen LogP contribution < -0.4 is 5.32 Å². The van der Waals surface area contributed by atoms with Crippen molar-refractivity contribution >= 4 is 12.0 Å². The molecule has 1 amide bonds. The van der Waals surface area contributed by atoms with E-state index in [1.54, 1.807) is 0 Å². The molecule has 1 heterocycles. The summed E-state index contributed by atoms with van der Waals surface area (Å²) in [7, 11) is 0. The molecule has 0 unspecified atom stereocenters. The summed E-state index contributed by atoms with van der Waals surface area (Å²) in [6, 6.07) is 8.11. The molecule has 2 aromatic rings. The maximum Gasteiger partial charge on any atom is 0.226 e. The number of allylic oxidation sites excluding steroid dienone is 1. The van der Waals surface area contributed by atoms with Gasteiger partial charge in [-0.1, -0.05) is 31.5 Å². The Morgan fingerprint density at radius 3 is 2.91 bits per heavy atom. The van der Waals surface area contributed by atoms with Gasteiger partial charge < -0.3 is 9.73 Å². The van der Waals surface area contributed by atoms with Crippen molar-refractivity contribution in [2.45, 2.75) is 40.0 Å². The number of hydrogen-bond acceptors (Lipinski definition) is 3. The topological polar surface area (TPSA) is 55.1 Å². The van der Waals surface area contributed by atoms with Gasteiger partial charge >= 0.3 is 0 Å². The summed E-state index contributed by atoms with van der Waals surface area (Å²) >= 11 is 0. The van der Waals surface area contributed by atoms with Crippen LogP contribution in [0.3, 0.4) is 0 Å². The molecule has 0 spiro atoms. The van der Waals surface area contributed by atoms with Crippen LogP contribution in [0, 0.1) is 12.8 Å². The number of amides is 1. The highest BCUT2D eigenvalue weighted by atomic mass is 16.4. The van der Waals surface area contributed by atoms with Crippen LogP contribution in [0.5, 0.6) is 0 Å². The fourth-order valence-corrected chi connectivity index (χ4v) is 2.74. The molecule has 0 saturated heterocycles. The van der Waals surface area contributed by atoms with E-state index in [1.807, 2.05) is 32.1 Å². The highest BCUT2D eigenvalue weighted by Gasteiger charge is 2.19. The van der Waals surface area contributed by atoms with Gasteiger partial charge in [-0.25, -0.2) is 4.98 Å².